The Bertz CT molecular complexity index is 1230. The van der Waals surface area contributed by atoms with Crippen molar-refractivity contribution in [3.05, 3.63) is 80.9 Å². The highest BCUT2D eigenvalue weighted by Crippen LogP contribution is 2.37. The number of halogens is 2. The minimum Gasteiger partial charge on any atom is -0.481 e. The molecule has 1 aromatic heterocycles. The van der Waals surface area contributed by atoms with Gasteiger partial charge in [-0.1, -0.05) is 59.3 Å². The third-order valence-corrected chi connectivity index (χ3v) is 6.30. The van der Waals surface area contributed by atoms with Crippen LogP contribution >= 0.6 is 47.2 Å². The van der Waals surface area contributed by atoms with Gasteiger partial charge in [-0.3, -0.25) is 14.5 Å². The third kappa shape index (κ3) is 4.70. The number of carboxylic acids is 1. The van der Waals surface area contributed by atoms with Gasteiger partial charge in [-0.15, -0.1) is 0 Å². The van der Waals surface area contributed by atoms with Crippen LogP contribution in [0.25, 0.3) is 17.4 Å². The van der Waals surface area contributed by atoms with Gasteiger partial charge < -0.3 is 9.52 Å². The average Bonchev–Trinajstić information content (AvgIpc) is 3.29. The molecule has 1 aliphatic heterocycles. The zero-order chi connectivity index (χ0) is 22.1. The van der Waals surface area contributed by atoms with Crippen LogP contribution in [-0.2, 0) is 16.0 Å². The molecule has 1 aliphatic rings. The SMILES string of the molecule is O=C(O)Cc1ccc(N2C(=O)/C(=C\c3ccc(-c4cc(Cl)ccc4Cl)o3)SC2=S)cc1. The van der Waals surface area contributed by atoms with Crippen LogP contribution in [0, 0.1) is 0 Å². The summed E-state index contributed by atoms with van der Waals surface area (Å²) >= 11 is 18.8. The number of aliphatic carboxylic acids is 1. The summed E-state index contributed by atoms with van der Waals surface area (Å²) in [5, 5.41) is 9.93. The number of thiocarbonyl (C=S) groups is 1. The smallest absolute Gasteiger partial charge is 0.307 e. The van der Waals surface area contributed by atoms with Crippen LogP contribution in [-0.4, -0.2) is 21.3 Å². The molecule has 0 radical (unpaired) electrons. The number of nitrogens with zero attached hydrogens (tertiary/aromatic N) is 1. The van der Waals surface area contributed by atoms with Gasteiger partial charge in [0.25, 0.3) is 5.91 Å². The van der Waals surface area contributed by atoms with Crippen molar-refractivity contribution in [3.63, 3.8) is 0 Å². The van der Waals surface area contributed by atoms with Crippen LogP contribution in [0.3, 0.4) is 0 Å². The van der Waals surface area contributed by atoms with Crippen LogP contribution in [0.2, 0.25) is 10.0 Å². The standard InChI is InChI=1S/C22H13Cl2NO4S2/c23-13-3-7-17(24)16(10-13)18-8-6-15(29-18)11-19-21(28)25(22(30)31-19)14-4-1-12(2-5-14)9-20(26)27/h1-8,10-11H,9H2,(H,26,27)/b19-11+. The van der Waals surface area contributed by atoms with Gasteiger partial charge in [0.1, 0.15) is 11.5 Å². The number of amides is 1. The summed E-state index contributed by atoms with van der Waals surface area (Å²) in [5.74, 6) is -0.190. The summed E-state index contributed by atoms with van der Waals surface area (Å²) in [4.78, 5) is 25.6. The van der Waals surface area contributed by atoms with Crippen LogP contribution < -0.4 is 4.90 Å². The highest BCUT2D eigenvalue weighted by molar-refractivity contribution is 8.27. The van der Waals surface area contributed by atoms with Crippen molar-refractivity contribution in [2.75, 3.05) is 4.90 Å². The molecule has 0 spiro atoms. The van der Waals surface area contributed by atoms with Gasteiger partial charge in [-0.25, -0.2) is 0 Å². The fraction of sp³-hybridized carbons (Fsp3) is 0.0455. The molecule has 0 saturated carbocycles. The Kier molecular flexibility index (Phi) is 6.20. The van der Waals surface area contributed by atoms with E-state index in [1.807, 2.05) is 0 Å². The molecule has 3 aromatic rings. The van der Waals surface area contributed by atoms with E-state index in [-0.39, 0.29) is 12.3 Å². The Balaban J connectivity index is 1.57. The molecule has 1 fully saturated rings. The third-order valence-electron chi connectivity index (χ3n) is 4.44. The Morgan fingerprint density at radius 2 is 1.87 bits per heavy atom. The lowest BCUT2D eigenvalue weighted by Crippen LogP contribution is -2.27. The summed E-state index contributed by atoms with van der Waals surface area (Å²) in [5.41, 5.74) is 1.87. The summed E-state index contributed by atoms with van der Waals surface area (Å²) in [6.45, 7) is 0. The Morgan fingerprint density at radius 3 is 2.58 bits per heavy atom. The molecule has 156 valence electrons. The second-order valence-corrected chi connectivity index (χ2v) is 9.10. The van der Waals surface area contributed by atoms with Gasteiger partial charge in [-0.2, -0.15) is 0 Å². The van der Waals surface area contributed by atoms with Crippen molar-refractivity contribution < 1.29 is 19.1 Å². The minimum absolute atomic E-state index is 0.0873. The number of carbonyl (C=O) groups is 2. The van der Waals surface area contributed by atoms with E-state index in [0.717, 1.165) is 11.8 Å². The van der Waals surface area contributed by atoms with Crippen molar-refractivity contribution >= 4 is 75.1 Å². The maximum absolute atomic E-state index is 12.9. The highest BCUT2D eigenvalue weighted by atomic mass is 35.5. The first kappa shape index (κ1) is 21.6. The monoisotopic (exact) mass is 489 g/mol. The molecule has 0 bridgehead atoms. The van der Waals surface area contributed by atoms with Crippen molar-refractivity contribution in [2.45, 2.75) is 6.42 Å². The molecule has 0 aliphatic carbocycles. The molecule has 0 atom stereocenters. The number of carbonyl (C=O) groups excluding carboxylic acids is 1. The van der Waals surface area contributed by atoms with Crippen molar-refractivity contribution in [3.8, 4) is 11.3 Å². The Morgan fingerprint density at radius 1 is 1.13 bits per heavy atom. The normalized spacial score (nSPS) is 15.2. The van der Waals surface area contributed by atoms with Gasteiger partial charge in [0.05, 0.1) is 22.0 Å². The summed E-state index contributed by atoms with van der Waals surface area (Å²) in [6, 6.07) is 15.3. The maximum Gasteiger partial charge on any atom is 0.307 e. The predicted molar refractivity (Wildman–Crippen MR) is 128 cm³/mol. The van der Waals surface area contributed by atoms with Gasteiger partial charge >= 0.3 is 5.97 Å². The van der Waals surface area contributed by atoms with Crippen LogP contribution in [0.15, 0.2) is 63.9 Å². The lowest BCUT2D eigenvalue weighted by molar-refractivity contribution is -0.136. The fourth-order valence-corrected chi connectivity index (χ4v) is 4.68. The number of furan rings is 1. The van der Waals surface area contributed by atoms with E-state index < -0.39 is 5.97 Å². The highest BCUT2D eigenvalue weighted by Gasteiger charge is 2.33. The molecule has 0 unspecified atom stereocenters. The molecule has 9 heteroatoms. The van der Waals surface area contributed by atoms with E-state index in [9.17, 15) is 9.59 Å². The van der Waals surface area contributed by atoms with Crippen molar-refractivity contribution in [2.24, 2.45) is 0 Å². The average molecular weight is 490 g/mol. The summed E-state index contributed by atoms with van der Waals surface area (Å²) in [7, 11) is 0. The first-order chi connectivity index (χ1) is 14.8. The number of thioether (sulfide) groups is 1. The van der Waals surface area contributed by atoms with Crippen LogP contribution in [0.1, 0.15) is 11.3 Å². The topological polar surface area (TPSA) is 70.8 Å². The van der Waals surface area contributed by atoms with Gasteiger partial charge in [0.15, 0.2) is 4.32 Å². The molecule has 1 N–H and O–H groups in total. The van der Waals surface area contributed by atoms with E-state index in [4.69, 9.17) is 44.9 Å². The second-order valence-electron chi connectivity index (χ2n) is 6.58. The molecule has 2 heterocycles. The lowest BCUT2D eigenvalue weighted by atomic mass is 10.1. The molecule has 31 heavy (non-hydrogen) atoms. The minimum atomic E-state index is -0.918. The quantitative estimate of drug-likeness (QED) is 0.335. The Labute approximate surface area is 197 Å². The number of rotatable bonds is 5. The largest absolute Gasteiger partial charge is 0.481 e. The van der Waals surface area contributed by atoms with Gasteiger partial charge in [0.2, 0.25) is 0 Å². The molecule has 4 rings (SSSR count). The first-order valence-corrected chi connectivity index (χ1v) is 10.9. The summed E-state index contributed by atoms with van der Waals surface area (Å²) in [6.07, 6.45) is 1.54. The Hall–Kier alpha value is -2.58. The number of carboxylic acid groups (broad SMARTS) is 1. The van der Waals surface area contributed by atoms with Gasteiger partial charge in [-0.05, 0) is 48.0 Å². The van der Waals surface area contributed by atoms with E-state index >= 15 is 0 Å². The molecular formula is C22H13Cl2NO4S2. The predicted octanol–water partition coefficient (Wildman–Crippen LogP) is 6.29. The molecule has 5 nitrogen and oxygen atoms in total. The number of anilines is 1. The fourth-order valence-electron chi connectivity index (χ4n) is 3.02. The van der Waals surface area contributed by atoms with Crippen molar-refractivity contribution in [1.29, 1.82) is 0 Å². The molecule has 1 amide bonds. The molecular weight excluding hydrogens is 477 g/mol. The number of hydrogen-bond acceptors (Lipinski definition) is 5. The zero-order valence-electron chi connectivity index (χ0n) is 15.7. The maximum atomic E-state index is 12.9. The lowest BCUT2D eigenvalue weighted by Gasteiger charge is -2.14. The van der Waals surface area contributed by atoms with E-state index in [1.54, 1.807) is 60.7 Å². The van der Waals surface area contributed by atoms with E-state index in [2.05, 4.69) is 0 Å². The first-order valence-electron chi connectivity index (χ1n) is 8.96. The van der Waals surface area contributed by atoms with Crippen LogP contribution in [0.4, 0.5) is 5.69 Å². The zero-order valence-corrected chi connectivity index (χ0v) is 18.8. The molecule has 2 aromatic carbocycles. The van der Waals surface area contributed by atoms with Crippen LogP contribution in [0.5, 0.6) is 0 Å². The molecule has 1 saturated heterocycles. The van der Waals surface area contributed by atoms with Crippen molar-refractivity contribution in [1.82, 2.24) is 0 Å². The second kappa shape index (κ2) is 8.88. The number of hydrogen-bond donors (Lipinski definition) is 1. The van der Waals surface area contributed by atoms with Gasteiger partial charge in [0, 0.05) is 16.7 Å². The summed E-state index contributed by atoms with van der Waals surface area (Å²) < 4.78 is 6.22. The van der Waals surface area contributed by atoms with E-state index in [1.165, 1.54) is 4.90 Å². The number of benzene rings is 2. The van der Waals surface area contributed by atoms with E-state index in [0.29, 0.717) is 47.6 Å².